The third-order valence-corrected chi connectivity index (χ3v) is 4.53. The molecule has 0 aliphatic carbocycles. The van der Waals surface area contributed by atoms with E-state index in [1.807, 2.05) is 20.9 Å². The smallest absolute Gasteiger partial charge is 0.246 e. The van der Waals surface area contributed by atoms with Crippen molar-refractivity contribution in [2.24, 2.45) is 0 Å². The second-order valence-electron chi connectivity index (χ2n) is 6.24. The molecular formula is C20H28N2O4. The maximum Gasteiger partial charge on any atom is 0.246 e. The predicted molar refractivity (Wildman–Crippen MR) is 101 cm³/mol. The minimum absolute atomic E-state index is 0.132. The fourth-order valence-electron chi connectivity index (χ4n) is 3.03. The average molecular weight is 360 g/mol. The molecular weight excluding hydrogens is 332 g/mol. The van der Waals surface area contributed by atoms with Crippen LogP contribution in [0.25, 0.3) is 0 Å². The molecule has 1 aromatic carbocycles. The van der Waals surface area contributed by atoms with Crippen molar-refractivity contribution in [1.82, 2.24) is 9.80 Å². The van der Waals surface area contributed by atoms with Gasteiger partial charge in [-0.1, -0.05) is 6.92 Å². The Balaban J connectivity index is 2.17. The summed E-state index contributed by atoms with van der Waals surface area (Å²) >= 11 is 0. The topological polar surface area (TPSA) is 59.1 Å². The van der Waals surface area contributed by atoms with E-state index in [1.54, 1.807) is 24.1 Å². The van der Waals surface area contributed by atoms with Crippen LogP contribution >= 0.6 is 0 Å². The molecule has 6 heteroatoms. The van der Waals surface area contributed by atoms with Crippen LogP contribution in [-0.2, 0) is 11.2 Å². The van der Waals surface area contributed by atoms with E-state index in [4.69, 9.17) is 9.47 Å². The number of hydrogen-bond acceptors (Lipinski definition) is 5. The molecule has 1 aliphatic rings. The zero-order chi connectivity index (χ0) is 19.1. The number of nitrogens with zero attached hydrogens (tertiary/aromatic N) is 2. The molecule has 1 aromatic rings. The zero-order valence-corrected chi connectivity index (χ0v) is 16.1. The summed E-state index contributed by atoms with van der Waals surface area (Å²) in [6.07, 6.45) is 3.37. The molecule has 0 aromatic heterocycles. The Kier molecular flexibility index (Phi) is 7.21. The number of methoxy groups -OCH3 is 1. The van der Waals surface area contributed by atoms with Gasteiger partial charge >= 0.3 is 0 Å². The van der Waals surface area contributed by atoms with Crippen LogP contribution in [-0.4, -0.2) is 68.4 Å². The van der Waals surface area contributed by atoms with Gasteiger partial charge in [0.15, 0.2) is 5.78 Å². The Morgan fingerprint density at radius 2 is 1.81 bits per heavy atom. The fraction of sp³-hybridized carbons (Fsp3) is 0.500. The summed E-state index contributed by atoms with van der Waals surface area (Å²) in [5.41, 5.74) is 1.30. The predicted octanol–water partition coefficient (Wildman–Crippen LogP) is 2.17. The third-order valence-electron chi connectivity index (χ3n) is 4.53. The van der Waals surface area contributed by atoms with Crippen LogP contribution in [0.15, 0.2) is 24.3 Å². The minimum Gasteiger partial charge on any atom is -0.496 e. The van der Waals surface area contributed by atoms with Crippen LogP contribution in [0.2, 0.25) is 0 Å². The molecule has 0 atom stereocenters. The lowest BCUT2D eigenvalue weighted by Gasteiger charge is -2.31. The Labute approximate surface area is 155 Å². The normalized spacial score (nSPS) is 15.3. The average Bonchev–Trinajstić information content (AvgIpc) is 2.66. The number of ketones is 1. The maximum absolute atomic E-state index is 12.6. The van der Waals surface area contributed by atoms with E-state index >= 15 is 0 Å². The van der Waals surface area contributed by atoms with E-state index in [0.717, 1.165) is 24.4 Å². The maximum atomic E-state index is 12.6. The van der Waals surface area contributed by atoms with Gasteiger partial charge in [-0.05, 0) is 38.6 Å². The van der Waals surface area contributed by atoms with Crippen LogP contribution in [0.5, 0.6) is 11.5 Å². The summed E-state index contributed by atoms with van der Waals surface area (Å²) in [5.74, 6) is 0.857. The second kappa shape index (κ2) is 9.38. The number of benzene rings is 1. The first kappa shape index (κ1) is 20.0. The van der Waals surface area contributed by atoms with Gasteiger partial charge in [0.25, 0.3) is 0 Å². The van der Waals surface area contributed by atoms with Crippen molar-refractivity contribution in [1.29, 1.82) is 0 Å². The van der Waals surface area contributed by atoms with E-state index in [1.165, 1.54) is 12.2 Å². The molecule has 0 unspecified atom stereocenters. The first-order valence-electron chi connectivity index (χ1n) is 9.04. The first-order valence-corrected chi connectivity index (χ1v) is 9.04. The highest BCUT2D eigenvalue weighted by molar-refractivity contribution is 6.09. The molecule has 0 saturated carbocycles. The monoisotopic (exact) mass is 360 g/mol. The van der Waals surface area contributed by atoms with Gasteiger partial charge in [0.2, 0.25) is 5.91 Å². The number of allylic oxidation sites excluding steroid dienone is 1. The van der Waals surface area contributed by atoms with Gasteiger partial charge in [-0.25, -0.2) is 0 Å². The lowest BCUT2D eigenvalue weighted by atomic mass is 10.0. The molecule has 26 heavy (non-hydrogen) atoms. The highest BCUT2D eigenvalue weighted by Gasteiger charge is 2.19. The summed E-state index contributed by atoms with van der Waals surface area (Å²) in [4.78, 5) is 28.8. The van der Waals surface area contributed by atoms with Gasteiger partial charge in [-0.2, -0.15) is 0 Å². The number of carbonyl (C=O) groups excluding carboxylic acids is 2. The molecule has 0 N–H and O–H groups in total. The second-order valence-corrected chi connectivity index (χ2v) is 6.24. The molecule has 1 aliphatic heterocycles. The lowest BCUT2D eigenvalue weighted by Crippen LogP contribution is -2.46. The number of amides is 1. The number of rotatable bonds is 7. The van der Waals surface area contributed by atoms with Crippen LogP contribution in [0.1, 0.15) is 29.8 Å². The molecule has 1 saturated heterocycles. The van der Waals surface area contributed by atoms with E-state index in [-0.39, 0.29) is 11.7 Å². The molecule has 142 valence electrons. The number of carbonyl (C=O) groups is 2. The Morgan fingerprint density at radius 1 is 1.12 bits per heavy atom. The number of likely N-dealkylation sites (N-methyl/N-ethyl adjacent to an activating group) is 1. The number of hydrogen-bond donors (Lipinski definition) is 0. The Hall–Kier alpha value is -2.34. The minimum atomic E-state index is -0.248. The van der Waals surface area contributed by atoms with E-state index in [9.17, 15) is 9.59 Å². The summed E-state index contributed by atoms with van der Waals surface area (Å²) in [7, 11) is 3.57. The molecule has 0 radical (unpaired) electrons. The third kappa shape index (κ3) is 4.64. The molecule has 2 rings (SSSR count). The number of piperazine rings is 1. The quantitative estimate of drug-likeness (QED) is 0.551. The van der Waals surface area contributed by atoms with E-state index in [2.05, 4.69) is 4.90 Å². The summed E-state index contributed by atoms with van der Waals surface area (Å²) in [5, 5.41) is 0. The molecule has 1 amide bonds. The fourth-order valence-corrected chi connectivity index (χ4v) is 3.03. The van der Waals surface area contributed by atoms with Crippen molar-refractivity contribution in [3.63, 3.8) is 0 Å². The van der Waals surface area contributed by atoms with Gasteiger partial charge < -0.3 is 19.3 Å². The van der Waals surface area contributed by atoms with Crippen molar-refractivity contribution < 1.29 is 19.1 Å². The zero-order valence-electron chi connectivity index (χ0n) is 16.1. The van der Waals surface area contributed by atoms with Crippen molar-refractivity contribution >= 4 is 11.7 Å². The van der Waals surface area contributed by atoms with Crippen LogP contribution in [0, 0.1) is 0 Å². The largest absolute Gasteiger partial charge is 0.496 e. The SMILES string of the molecule is CCOc1ccc(C(=O)C=CC(=O)N2CCN(C)CC2)c(OC)c1CC. The summed E-state index contributed by atoms with van der Waals surface area (Å²) in [6, 6.07) is 3.48. The lowest BCUT2D eigenvalue weighted by molar-refractivity contribution is -0.127. The van der Waals surface area contributed by atoms with E-state index in [0.29, 0.717) is 37.4 Å². The van der Waals surface area contributed by atoms with E-state index < -0.39 is 0 Å². The molecule has 6 nitrogen and oxygen atoms in total. The van der Waals surface area contributed by atoms with Crippen molar-refractivity contribution in [2.75, 3.05) is 46.9 Å². The number of ether oxygens (including phenoxy) is 2. The summed E-state index contributed by atoms with van der Waals surface area (Å²) in [6.45, 7) is 7.50. The Bertz CT molecular complexity index is 677. The molecule has 1 heterocycles. The van der Waals surface area contributed by atoms with Gasteiger partial charge in [-0.15, -0.1) is 0 Å². The first-order chi connectivity index (χ1) is 12.5. The van der Waals surface area contributed by atoms with Crippen LogP contribution < -0.4 is 9.47 Å². The standard InChI is InChI=1S/C20H28N2O4/c1-5-15-18(26-6-2)9-7-16(20(15)25-4)17(23)8-10-19(24)22-13-11-21(3)12-14-22/h7-10H,5-6,11-14H2,1-4H3. The van der Waals surface area contributed by atoms with Gasteiger partial charge in [0, 0.05) is 37.8 Å². The van der Waals surface area contributed by atoms with Gasteiger partial charge in [0.1, 0.15) is 11.5 Å². The van der Waals surface area contributed by atoms with Crippen LogP contribution in [0.3, 0.4) is 0 Å². The van der Waals surface area contributed by atoms with Crippen molar-refractivity contribution in [2.45, 2.75) is 20.3 Å². The van der Waals surface area contributed by atoms with Gasteiger partial charge in [-0.3, -0.25) is 9.59 Å². The van der Waals surface area contributed by atoms with Crippen molar-refractivity contribution in [3.8, 4) is 11.5 Å². The summed E-state index contributed by atoms with van der Waals surface area (Å²) < 4.78 is 11.1. The Morgan fingerprint density at radius 3 is 2.38 bits per heavy atom. The van der Waals surface area contributed by atoms with Crippen molar-refractivity contribution in [3.05, 3.63) is 35.4 Å². The van der Waals surface area contributed by atoms with Crippen LogP contribution in [0.4, 0.5) is 0 Å². The molecule has 1 fully saturated rings. The van der Waals surface area contributed by atoms with Gasteiger partial charge in [0.05, 0.1) is 19.3 Å². The highest BCUT2D eigenvalue weighted by atomic mass is 16.5. The molecule has 0 bridgehead atoms. The highest BCUT2D eigenvalue weighted by Crippen LogP contribution is 2.33. The molecule has 0 spiro atoms.